The van der Waals surface area contributed by atoms with Gasteiger partial charge in [0, 0.05) is 8.95 Å². The summed E-state index contributed by atoms with van der Waals surface area (Å²) >= 11 is 6.67. The molecule has 1 aromatic heterocycles. The topological polar surface area (TPSA) is 97.6 Å². The molecule has 0 saturated carbocycles. The lowest BCUT2D eigenvalue weighted by Crippen LogP contribution is -2.22. The molecule has 0 saturated heterocycles. The third-order valence-corrected chi connectivity index (χ3v) is 4.83. The van der Waals surface area contributed by atoms with Gasteiger partial charge >= 0.3 is 5.97 Å². The summed E-state index contributed by atoms with van der Waals surface area (Å²) in [5.74, 6) is -1.65. The molecule has 3 rings (SSSR count). The highest BCUT2D eigenvalue weighted by Crippen LogP contribution is 2.26. The largest absolute Gasteiger partial charge is 0.459 e. The molecule has 2 N–H and O–H groups in total. The van der Waals surface area contributed by atoms with Gasteiger partial charge in [-0.2, -0.15) is 0 Å². The van der Waals surface area contributed by atoms with Crippen molar-refractivity contribution in [2.45, 2.75) is 0 Å². The van der Waals surface area contributed by atoms with E-state index in [9.17, 15) is 14.4 Å². The molecule has 0 radical (unpaired) electrons. The summed E-state index contributed by atoms with van der Waals surface area (Å²) < 4.78 is 11.6. The van der Waals surface area contributed by atoms with E-state index < -0.39 is 24.4 Å². The number of esters is 1. The smallest absolute Gasteiger partial charge is 0.340 e. The molecule has 0 fully saturated rings. The molecule has 2 amide bonds. The van der Waals surface area contributed by atoms with E-state index in [0.29, 0.717) is 10.2 Å². The van der Waals surface area contributed by atoms with Crippen molar-refractivity contribution in [3.8, 4) is 0 Å². The molecular formula is C20H14Br2N2O5. The fraction of sp³-hybridized carbons (Fsp3) is 0.0500. The molecule has 0 bridgehead atoms. The van der Waals surface area contributed by atoms with Crippen LogP contribution >= 0.6 is 31.9 Å². The Bertz CT molecular complexity index is 1050. The number of carbonyl (C=O) groups excluding carboxylic acids is 3. The van der Waals surface area contributed by atoms with Gasteiger partial charge in [0.25, 0.3) is 11.8 Å². The van der Waals surface area contributed by atoms with Crippen LogP contribution in [-0.4, -0.2) is 24.4 Å². The zero-order valence-corrected chi connectivity index (χ0v) is 17.9. The van der Waals surface area contributed by atoms with Crippen LogP contribution in [0, 0.1) is 0 Å². The zero-order chi connectivity index (χ0) is 20.8. The first kappa shape index (κ1) is 20.8. The van der Waals surface area contributed by atoms with Crippen molar-refractivity contribution < 1.29 is 23.5 Å². The molecule has 9 heteroatoms. The maximum absolute atomic E-state index is 12.4. The summed E-state index contributed by atoms with van der Waals surface area (Å²) in [7, 11) is 0. The molecule has 148 valence electrons. The summed E-state index contributed by atoms with van der Waals surface area (Å²) in [6.45, 7) is -0.484. The van der Waals surface area contributed by atoms with Crippen LogP contribution in [0.2, 0.25) is 0 Å². The summed E-state index contributed by atoms with van der Waals surface area (Å²) in [5.41, 5.74) is 0.903. The standard InChI is InChI=1S/C20H14Br2N2O5/c21-12-7-8-16(14(22)10-12)23-18(25)11-29-20(27)13-4-1-2-5-15(13)24-19(26)17-6-3-9-28-17/h1-10H,11H2,(H,23,25)(H,24,26). The second-order valence-corrected chi connectivity index (χ2v) is 7.50. The predicted octanol–water partition coefficient (Wildman–Crippen LogP) is 4.85. The lowest BCUT2D eigenvalue weighted by molar-refractivity contribution is -0.119. The summed E-state index contributed by atoms with van der Waals surface area (Å²) in [6, 6.07) is 14.7. The normalized spacial score (nSPS) is 10.3. The third-order valence-electron chi connectivity index (χ3n) is 3.68. The first-order valence-electron chi connectivity index (χ1n) is 8.30. The van der Waals surface area contributed by atoms with Gasteiger partial charge in [-0.1, -0.05) is 28.1 Å². The first-order valence-corrected chi connectivity index (χ1v) is 9.88. The van der Waals surface area contributed by atoms with Gasteiger partial charge in [0.1, 0.15) is 0 Å². The molecule has 1 heterocycles. The predicted molar refractivity (Wildman–Crippen MR) is 114 cm³/mol. The highest BCUT2D eigenvalue weighted by molar-refractivity contribution is 9.11. The minimum Gasteiger partial charge on any atom is -0.459 e. The average Bonchev–Trinajstić information content (AvgIpc) is 3.24. The number of hydrogen-bond donors (Lipinski definition) is 2. The number of halogens is 2. The molecule has 0 spiro atoms. The quantitative estimate of drug-likeness (QED) is 0.452. The number of rotatable bonds is 6. The fourth-order valence-corrected chi connectivity index (χ4v) is 3.49. The number of anilines is 2. The SMILES string of the molecule is O=C(COC(=O)c1ccccc1NC(=O)c1ccco1)Nc1ccc(Br)cc1Br. The van der Waals surface area contributed by atoms with Gasteiger partial charge in [-0.3, -0.25) is 9.59 Å². The Morgan fingerprint density at radius 1 is 0.931 bits per heavy atom. The molecule has 7 nitrogen and oxygen atoms in total. The summed E-state index contributed by atoms with van der Waals surface area (Å²) in [5, 5.41) is 5.23. The minimum absolute atomic E-state index is 0.104. The number of nitrogens with one attached hydrogen (secondary N) is 2. The number of carbonyl (C=O) groups is 3. The monoisotopic (exact) mass is 520 g/mol. The molecule has 0 aliphatic heterocycles. The lowest BCUT2D eigenvalue weighted by Gasteiger charge is -2.11. The van der Waals surface area contributed by atoms with E-state index in [2.05, 4.69) is 42.5 Å². The van der Waals surface area contributed by atoms with E-state index in [4.69, 9.17) is 9.15 Å². The lowest BCUT2D eigenvalue weighted by atomic mass is 10.1. The highest BCUT2D eigenvalue weighted by atomic mass is 79.9. The van der Waals surface area contributed by atoms with Gasteiger partial charge in [-0.05, 0) is 58.4 Å². The van der Waals surface area contributed by atoms with Crippen molar-refractivity contribution in [3.05, 3.63) is 81.1 Å². The van der Waals surface area contributed by atoms with Crippen LogP contribution in [-0.2, 0) is 9.53 Å². The second kappa shape index (κ2) is 9.53. The van der Waals surface area contributed by atoms with Crippen molar-refractivity contribution >= 4 is 61.0 Å². The fourth-order valence-electron chi connectivity index (χ4n) is 2.35. The highest BCUT2D eigenvalue weighted by Gasteiger charge is 2.17. The maximum Gasteiger partial charge on any atom is 0.340 e. The number of amides is 2. The molecule has 0 atom stereocenters. The second-order valence-electron chi connectivity index (χ2n) is 5.73. The first-order chi connectivity index (χ1) is 13.9. The van der Waals surface area contributed by atoms with Gasteiger partial charge in [-0.15, -0.1) is 0 Å². The van der Waals surface area contributed by atoms with Crippen LogP contribution in [0.15, 0.2) is 74.2 Å². The van der Waals surface area contributed by atoms with Crippen LogP contribution in [0.5, 0.6) is 0 Å². The molecule has 0 unspecified atom stereocenters. The van der Waals surface area contributed by atoms with E-state index >= 15 is 0 Å². The molecule has 0 aliphatic carbocycles. The Kier molecular flexibility index (Phi) is 6.84. The average molecular weight is 522 g/mol. The summed E-state index contributed by atoms with van der Waals surface area (Å²) in [6.07, 6.45) is 1.37. The molecule has 0 aliphatic rings. The van der Waals surface area contributed by atoms with Crippen LogP contribution in [0.25, 0.3) is 0 Å². The third kappa shape index (κ3) is 5.55. The van der Waals surface area contributed by atoms with Gasteiger partial charge in [0.15, 0.2) is 12.4 Å². The van der Waals surface area contributed by atoms with Crippen LogP contribution < -0.4 is 10.6 Å². The van der Waals surface area contributed by atoms with Crippen molar-refractivity contribution in [1.29, 1.82) is 0 Å². The van der Waals surface area contributed by atoms with E-state index in [0.717, 1.165) is 4.47 Å². The Morgan fingerprint density at radius 2 is 1.72 bits per heavy atom. The van der Waals surface area contributed by atoms with Gasteiger partial charge in [0.2, 0.25) is 0 Å². The maximum atomic E-state index is 12.4. The molecular weight excluding hydrogens is 508 g/mol. The van der Waals surface area contributed by atoms with E-state index in [1.165, 1.54) is 18.4 Å². The van der Waals surface area contributed by atoms with E-state index in [1.54, 1.807) is 42.5 Å². The molecule has 2 aromatic carbocycles. The van der Waals surface area contributed by atoms with Gasteiger partial charge in [-0.25, -0.2) is 4.79 Å². The Balaban J connectivity index is 1.62. The zero-order valence-electron chi connectivity index (χ0n) is 14.8. The van der Waals surface area contributed by atoms with Crippen molar-refractivity contribution in [1.82, 2.24) is 0 Å². The van der Waals surface area contributed by atoms with Crippen molar-refractivity contribution in [2.75, 3.05) is 17.2 Å². The summed E-state index contributed by atoms with van der Waals surface area (Å²) in [4.78, 5) is 36.7. The Morgan fingerprint density at radius 3 is 2.45 bits per heavy atom. The number of para-hydroxylation sites is 1. The number of benzene rings is 2. The molecule has 29 heavy (non-hydrogen) atoms. The number of ether oxygens (including phenoxy) is 1. The van der Waals surface area contributed by atoms with Crippen LogP contribution in [0.4, 0.5) is 11.4 Å². The van der Waals surface area contributed by atoms with Crippen LogP contribution in [0.1, 0.15) is 20.9 Å². The Hall–Kier alpha value is -2.91. The van der Waals surface area contributed by atoms with Gasteiger partial charge in [0.05, 0.1) is 23.2 Å². The van der Waals surface area contributed by atoms with Gasteiger partial charge < -0.3 is 19.8 Å². The minimum atomic E-state index is -0.745. The van der Waals surface area contributed by atoms with Crippen molar-refractivity contribution in [3.63, 3.8) is 0 Å². The number of hydrogen-bond acceptors (Lipinski definition) is 5. The Labute approximate surface area is 182 Å². The van der Waals surface area contributed by atoms with E-state index in [-0.39, 0.29) is 17.0 Å². The van der Waals surface area contributed by atoms with Crippen LogP contribution in [0.3, 0.4) is 0 Å². The number of furan rings is 1. The van der Waals surface area contributed by atoms with E-state index in [1.807, 2.05) is 0 Å². The van der Waals surface area contributed by atoms with Crippen molar-refractivity contribution in [2.24, 2.45) is 0 Å². The molecule has 3 aromatic rings.